The topological polar surface area (TPSA) is 63.1 Å². The highest BCUT2D eigenvalue weighted by Crippen LogP contribution is 2.33. The first kappa shape index (κ1) is 19.3. The van der Waals surface area contributed by atoms with Crippen LogP contribution in [0.4, 0.5) is 5.13 Å². The summed E-state index contributed by atoms with van der Waals surface area (Å²) < 4.78 is 3.09. The van der Waals surface area contributed by atoms with E-state index in [2.05, 4.69) is 41.4 Å². The van der Waals surface area contributed by atoms with Gasteiger partial charge in [-0.3, -0.25) is 4.79 Å². The number of nitrogens with zero attached hydrogens (tertiary/aromatic N) is 4. The Hall–Kier alpha value is -2.71. The summed E-state index contributed by atoms with van der Waals surface area (Å²) in [6, 6.07) is 12.3. The van der Waals surface area contributed by atoms with Gasteiger partial charge in [0, 0.05) is 19.1 Å². The molecule has 0 bridgehead atoms. The Balaban J connectivity index is 1.32. The normalized spacial score (nSPS) is 15.1. The molecule has 154 valence electrons. The lowest BCUT2D eigenvalue weighted by atomic mass is 10.1. The van der Waals surface area contributed by atoms with E-state index in [0.29, 0.717) is 0 Å². The maximum absolute atomic E-state index is 12.3. The molecule has 1 aliphatic heterocycles. The van der Waals surface area contributed by atoms with Gasteiger partial charge in [0.2, 0.25) is 0 Å². The van der Waals surface area contributed by atoms with Crippen molar-refractivity contribution in [3.05, 3.63) is 57.9 Å². The molecule has 0 radical (unpaired) electrons. The number of aromatic nitrogens is 3. The van der Waals surface area contributed by atoms with E-state index in [9.17, 15) is 4.79 Å². The Morgan fingerprint density at radius 2 is 2.00 bits per heavy atom. The van der Waals surface area contributed by atoms with Crippen molar-refractivity contribution in [1.29, 1.82) is 0 Å². The number of rotatable bonds is 4. The summed E-state index contributed by atoms with van der Waals surface area (Å²) >= 11 is 3.19. The van der Waals surface area contributed by atoms with Crippen molar-refractivity contribution in [1.82, 2.24) is 20.1 Å². The van der Waals surface area contributed by atoms with Gasteiger partial charge in [-0.25, -0.2) is 4.68 Å². The molecule has 5 rings (SSSR count). The molecule has 3 aromatic heterocycles. The molecule has 0 atom stereocenters. The number of anilines is 1. The average molecular weight is 438 g/mol. The van der Waals surface area contributed by atoms with Crippen LogP contribution >= 0.6 is 22.7 Å². The largest absolute Gasteiger partial charge is 0.348 e. The van der Waals surface area contributed by atoms with Gasteiger partial charge in [0.1, 0.15) is 0 Å². The number of hydrogen-bond acceptors (Lipinski definition) is 6. The third-order valence-corrected chi connectivity index (χ3v) is 7.55. The van der Waals surface area contributed by atoms with Gasteiger partial charge in [-0.2, -0.15) is 10.1 Å². The molecule has 0 saturated carbocycles. The molecule has 1 aromatic carbocycles. The lowest BCUT2D eigenvalue weighted by Crippen LogP contribution is -2.44. The van der Waals surface area contributed by atoms with Gasteiger partial charge in [-0.05, 0) is 55.8 Å². The Morgan fingerprint density at radius 3 is 2.73 bits per heavy atom. The minimum Gasteiger partial charge on any atom is -0.348 e. The van der Waals surface area contributed by atoms with Gasteiger partial charge in [0.25, 0.3) is 5.91 Å². The van der Waals surface area contributed by atoms with Gasteiger partial charge >= 0.3 is 0 Å². The predicted molar refractivity (Wildman–Crippen MR) is 123 cm³/mol. The minimum absolute atomic E-state index is 0.0392. The molecule has 4 heterocycles. The van der Waals surface area contributed by atoms with E-state index in [1.165, 1.54) is 16.9 Å². The SMILES string of the molecule is Cc1cccc(-n2nc(C)c3sc(N4CCC(NC(=O)c5cccs5)CC4)nc32)c1. The molecule has 30 heavy (non-hydrogen) atoms. The number of piperidine rings is 1. The number of aryl methyl sites for hydroxylation is 2. The summed E-state index contributed by atoms with van der Waals surface area (Å²) in [7, 11) is 0. The van der Waals surface area contributed by atoms with Crippen molar-refractivity contribution in [3.63, 3.8) is 0 Å². The molecule has 1 amide bonds. The van der Waals surface area contributed by atoms with Crippen molar-refractivity contribution in [2.45, 2.75) is 32.7 Å². The number of benzene rings is 1. The first-order valence-corrected chi connectivity index (χ1v) is 11.8. The first-order chi connectivity index (χ1) is 14.6. The summed E-state index contributed by atoms with van der Waals surface area (Å²) in [6.45, 7) is 5.92. The van der Waals surface area contributed by atoms with Gasteiger partial charge in [-0.15, -0.1) is 11.3 Å². The molecule has 6 nitrogen and oxygen atoms in total. The van der Waals surface area contributed by atoms with Crippen molar-refractivity contribution >= 4 is 44.1 Å². The maximum atomic E-state index is 12.3. The van der Waals surface area contributed by atoms with Crippen molar-refractivity contribution in [2.75, 3.05) is 18.0 Å². The van der Waals surface area contributed by atoms with Crippen LogP contribution in [0.25, 0.3) is 16.0 Å². The number of fused-ring (bicyclic) bond motifs is 1. The number of amides is 1. The van der Waals surface area contributed by atoms with E-state index in [-0.39, 0.29) is 11.9 Å². The molecule has 1 fully saturated rings. The molecule has 0 spiro atoms. The van der Waals surface area contributed by atoms with E-state index in [1.807, 2.05) is 29.1 Å². The Morgan fingerprint density at radius 1 is 1.17 bits per heavy atom. The monoisotopic (exact) mass is 437 g/mol. The van der Waals surface area contributed by atoms with E-state index in [0.717, 1.165) is 57.7 Å². The minimum atomic E-state index is 0.0392. The van der Waals surface area contributed by atoms with Crippen LogP contribution in [0.2, 0.25) is 0 Å². The molecule has 0 unspecified atom stereocenters. The highest BCUT2D eigenvalue weighted by atomic mass is 32.1. The summed E-state index contributed by atoms with van der Waals surface area (Å²) in [5.74, 6) is 0.0392. The van der Waals surface area contributed by atoms with E-state index in [1.54, 1.807) is 11.3 Å². The average Bonchev–Trinajstić information content (AvgIpc) is 3.47. The quantitative estimate of drug-likeness (QED) is 0.508. The molecule has 8 heteroatoms. The molecular weight excluding hydrogens is 414 g/mol. The molecule has 4 aromatic rings. The van der Waals surface area contributed by atoms with Crippen molar-refractivity contribution in [3.8, 4) is 5.69 Å². The fraction of sp³-hybridized carbons (Fsp3) is 0.318. The second-order valence-electron chi connectivity index (χ2n) is 7.70. The smallest absolute Gasteiger partial charge is 0.261 e. The van der Waals surface area contributed by atoms with Crippen LogP contribution in [-0.4, -0.2) is 39.8 Å². The Bertz CT molecular complexity index is 1190. The van der Waals surface area contributed by atoms with Crippen LogP contribution in [0, 0.1) is 13.8 Å². The summed E-state index contributed by atoms with van der Waals surface area (Å²) in [4.78, 5) is 20.4. The lowest BCUT2D eigenvalue weighted by molar-refractivity contribution is 0.0935. The molecule has 1 N–H and O–H groups in total. The van der Waals surface area contributed by atoms with Gasteiger partial charge in [-0.1, -0.05) is 29.5 Å². The molecule has 1 aliphatic rings. The Kier molecular flexibility index (Phi) is 5.04. The third-order valence-electron chi connectivity index (χ3n) is 5.47. The highest BCUT2D eigenvalue weighted by Gasteiger charge is 2.25. The summed E-state index contributed by atoms with van der Waals surface area (Å²) in [5, 5.41) is 10.9. The van der Waals surface area contributed by atoms with Crippen LogP contribution < -0.4 is 10.2 Å². The Labute approximate surface area is 183 Å². The van der Waals surface area contributed by atoms with Crippen LogP contribution in [0.5, 0.6) is 0 Å². The van der Waals surface area contributed by atoms with Crippen LogP contribution in [0.3, 0.4) is 0 Å². The molecular formula is C22H23N5OS2. The predicted octanol–water partition coefficient (Wildman–Crippen LogP) is 4.56. The lowest BCUT2D eigenvalue weighted by Gasteiger charge is -2.32. The maximum Gasteiger partial charge on any atom is 0.261 e. The fourth-order valence-electron chi connectivity index (χ4n) is 3.88. The van der Waals surface area contributed by atoms with Gasteiger partial charge in [0.05, 0.1) is 21.0 Å². The summed E-state index contributed by atoms with van der Waals surface area (Å²) in [5.41, 5.74) is 4.18. The third kappa shape index (κ3) is 3.61. The van der Waals surface area contributed by atoms with Gasteiger partial charge in [0.15, 0.2) is 10.8 Å². The van der Waals surface area contributed by atoms with Crippen molar-refractivity contribution < 1.29 is 4.79 Å². The molecule has 1 saturated heterocycles. The second kappa shape index (κ2) is 7.85. The molecule has 0 aliphatic carbocycles. The van der Waals surface area contributed by atoms with Crippen LogP contribution in [0.15, 0.2) is 41.8 Å². The summed E-state index contributed by atoms with van der Waals surface area (Å²) in [6.07, 6.45) is 1.85. The standard InChI is InChI=1S/C22H23N5OS2/c1-14-5-3-6-17(13-14)27-20-19(15(2)25-27)30-22(24-20)26-10-8-16(9-11-26)23-21(28)18-7-4-12-29-18/h3-7,12-13,16H,8-11H2,1-2H3,(H,23,28). The highest BCUT2D eigenvalue weighted by molar-refractivity contribution is 7.22. The zero-order valence-electron chi connectivity index (χ0n) is 17.0. The van der Waals surface area contributed by atoms with Crippen LogP contribution in [-0.2, 0) is 0 Å². The number of carbonyl (C=O) groups excluding carboxylic acids is 1. The number of thiazole rings is 1. The number of thiophene rings is 1. The van der Waals surface area contributed by atoms with E-state index in [4.69, 9.17) is 10.1 Å². The number of nitrogens with one attached hydrogen (secondary N) is 1. The number of hydrogen-bond donors (Lipinski definition) is 1. The fourth-order valence-corrected chi connectivity index (χ4v) is 5.54. The number of carbonyl (C=O) groups is 1. The zero-order chi connectivity index (χ0) is 20.7. The van der Waals surface area contributed by atoms with Crippen LogP contribution in [0.1, 0.15) is 33.8 Å². The zero-order valence-corrected chi connectivity index (χ0v) is 18.6. The van der Waals surface area contributed by atoms with Gasteiger partial charge < -0.3 is 10.2 Å². The van der Waals surface area contributed by atoms with E-state index < -0.39 is 0 Å². The first-order valence-electron chi connectivity index (χ1n) is 10.1. The second-order valence-corrected chi connectivity index (χ2v) is 9.62. The van der Waals surface area contributed by atoms with E-state index >= 15 is 0 Å². The van der Waals surface area contributed by atoms with Crippen molar-refractivity contribution in [2.24, 2.45) is 0 Å².